The van der Waals surface area contributed by atoms with E-state index >= 15 is 0 Å². The maximum atomic E-state index is 12.9. The highest BCUT2D eigenvalue weighted by molar-refractivity contribution is 5.92. The fraction of sp³-hybridized carbons (Fsp3) is 0.167. The molecule has 2 aromatic rings. The lowest BCUT2D eigenvalue weighted by atomic mass is 10.1. The van der Waals surface area contributed by atoms with Gasteiger partial charge in [-0.3, -0.25) is 0 Å². The van der Waals surface area contributed by atoms with Crippen LogP contribution < -0.4 is 4.74 Å². The molecule has 0 aliphatic carbocycles. The fourth-order valence-corrected chi connectivity index (χ4v) is 1.75. The first kappa shape index (κ1) is 15.9. The quantitative estimate of drug-likeness (QED) is 0.852. The molecule has 1 aromatic carbocycles. The normalized spacial score (nSPS) is 12.5. The van der Waals surface area contributed by atoms with Crippen molar-refractivity contribution in [2.45, 2.75) is 12.5 Å². The van der Waals surface area contributed by atoms with Crippen molar-refractivity contribution in [2.24, 2.45) is 0 Å². The maximum Gasteiger partial charge on any atom is 0.573 e. The highest BCUT2D eigenvalue weighted by Crippen LogP contribution is 2.37. The molecule has 4 nitrogen and oxygen atoms in total. The molecule has 1 heterocycles. The monoisotopic (exact) mass is 325 g/mol. The number of nitrogens with zero attached hydrogens (tertiary/aromatic N) is 1. The lowest BCUT2D eigenvalue weighted by molar-refractivity contribution is -0.274. The maximum absolute atomic E-state index is 12.9. The van der Waals surface area contributed by atoms with Crippen molar-refractivity contribution in [3.63, 3.8) is 0 Å². The van der Waals surface area contributed by atoms with Crippen molar-refractivity contribution >= 4 is 16.9 Å². The summed E-state index contributed by atoms with van der Waals surface area (Å²) in [5.41, 5.74) is -2.70. The summed E-state index contributed by atoms with van der Waals surface area (Å²) in [5.74, 6) is -2.56. The summed E-state index contributed by atoms with van der Waals surface area (Å²) < 4.78 is 78.7. The summed E-state index contributed by atoms with van der Waals surface area (Å²) in [7, 11) is 0. The second-order valence-electron chi connectivity index (χ2n) is 4.08. The standard InChI is InChI=1S/C12H5F6NO3/c13-11(14,15)7-4-9(10(20)21)19-8-2-1-5(3-6(7)8)22-12(16,17)18/h1-4H,(H,20,21). The number of hydrogen-bond acceptors (Lipinski definition) is 3. The van der Waals surface area contributed by atoms with Crippen LogP contribution in [0.1, 0.15) is 16.1 Å². The van der Waals surface area contributed by atoms with E-state index in [0.29, 0.717) is 6.07 Å². The van der Waals surface area contributed by atoms with E-state index in [4.69, 9.17) is 5.11 Å². The molecule has 0 atom stereocenters. The summed E-state index contributed by atoms with van der Waals surface area (Å²) in [6, 6.07) is 2.32. The van der Waals surface area contributed by atoms with Crippen molar-refractivity contribution in [1.82, 2.24) is 4.98 Å². The van der Waals surface area contributed by atoms with Gasteiger partial charge >= 0.3 is 18.5 Å². The van der Waals surface area contributed by atoms with Gasteiger partial charge in [0, 0.05) is 5.39 Å². The van der Waals surface area contributed by atoms with E-state index in [0.717, 1.165) is 12.1 Å². The van der Waals surface area contributed by atoms with Gasteiger partial charge in [-0.05, 0) is 24.3 Å². The van der Waals surface area contributed by atoms with Crippen molar-refractivity contribution < 1.29 is 41.0 Å². The Labute approximate surface area is 117 Å². The number of hydrogen-bond donors (Lipinski definition) is 1. The molecular weight excluding hydrogens is 320 g/mol. The van der Waals surface area contributed by atoms with E-state index in [-0.39, 0.29) is 6.07 Å². The van der Waals surface area contributed by atoms with Crippen LogP contribution in [0.3, 0.4) is 0 Å². The molecule has 2 rings (SSSR count). The molecule has 1 N–H and O–H groups in total. The highest BCUT2D eigenvalue weighted by Gasteiger charge is 2.35. The average Bonchev–Trinajstić information content (AvgIpc) is 2.34. The number of fused-ring (bicyclic) bond motifs is 1. The van der Waals surface area contributed by atoms with Gasteiger partial charge in [0.1, 0.15) is 11.4 Å². The second kappa shape index (κ2) is 5.04. The molecule has 0 bridgehead atoms. The number of pyridine rings is 1. The third-order valence-corrected chi connectivity index (χ3v) is 2.54. The van der Waals surface area contributed by atoms with Crippen LogP contribution in [0.4, 0.5) is 26.3 Å². The largest absolute Gasteiger partial charge is 0.573 e. The molecular formula is C12H5F6NO3. The number of aromatic nitrogens is 1. The topological polar surface area (TPSA) is 59.4 Å². The van der Waals surface area contributed by atoms with Gasteiger partial charge in [0.25, 0.3) is 0 Å². The number of rotatable bonds is 2. The number of carbonyl (C=O) groups is 1. The molecule has 22 heavy (non-hydrogen) atoms. The Bertz CT molecular complexity index is 738. The summed E-state index contributed by atoms with van der Waals surface area (Å²) in [6.07, 6.45) is -10.0. The van der Waals surface area contributed by atoms with Crippen LogP contribution in [0.15, 0.2) is 24.3 Å². The van der Waals surface area contributed by atoms with Gasteiger partial charge in [-0.2, -0.15) is 13.2 Å². The van der Waals surface area contributed by atoms with Crippen LogP contribution in [0.5, 0.6) is 5.75 Å². The Balaban J connectivity index is 2.69. The number of carboxylic acids is 1. The van der Waals surface area contributed by atoms with Crippen molar-refractivity contribution in [1.29, 1.82) is 0 Å². The summed E-state index contributed by atoms with van der Waals surface area (Å²) in [6.45, 7) is 0. The molecule has 0 aliphatic heterocycles. The first-order chi connectivity index (χ1) is 9.97. The molecule has 0 saturated carbocycles. The molecule has 0 amide bonds. The predicted octanol–water partition coefficient (Wildman–Crippen LogP) is 3.85. The van der Waals surface area contributed by atoms with E-state index < -0.39 is 46.4 Å². The molecule has 0 radical (unpaired) electrons. The van der Waals surface area contributed by atoms with E-state index in [1.807, 2.05) is 0 Å². The Kier molecular flexibility index (Phi) is 3.63. The van der Waals surface area contributed by atoms with Gasteiger partial charge in [0.2, 0.25) is 0 Å². The van der Waals surface area contributed by atoms with Gasteiger partial charge in [0.15, 0.2) is 0 Å². The Morgan fingerprint density at radius 3 is 2.23 bits per heavy atom. The highest BCUT2D eigenvalue weighted by atomic mass is 19.4. The van der Waals surface area contributed by atoms with E-state index in [1.54, 1.807) is 0 Å². The number of halogens is 6. The molecule has 1 aromatic heterocycles. The average molecular weight is 325 g/mol. The molecule has 0 aliphatic rings. The van der Waals surface area contributed by atoms with Gasteiger partial charge in [-0.15, -0.1) is 13.2 Å². The SMILES string of the molecule is O=C(O)c1cc(C(F)(F)F)c2cc(OC(F)(F)F)ccc2n1. The molecule has 0 fully saturated rings. The summed E-state index contributed by atoms with van der Waals surface area (Å²) in [5, 5.41) is 8.04. The van der Waals surface area contributed by atoms with Crippen LogP contribution >= 0.6 is 0 Å². The summed E-state index contributed by atoms with van der Waals surface area (Å²) in [4.78, 5) is 14.2. The van der Waals surface area contributed by atoms with Crippen LogP contribution in [-0.2, 0) is 6.18 Å². The third kappa shape index (κ3) is 3.38. The van der Waals surface area contributed by atoms with Crippen LogP contribution in [0, 0.1) is 0 Å². The van der Waals surface area contributed by atoms with Gasteiger partial charge in [0.05, 0.1) is 11.1 Å². The summed E-state index contributed by atoms with van der Waals surface area (Å²) >= 11 is 0. The van der Waals surface area contributed by atoms with Gasteiger partial charge in [-0.25, -0.2) is 9.78 Å². The lowest BCUT2D eigenvalue weighted by Crippen LogP contribution is -2.17. The van der Waals surface area contributed by atoms with Crippen molar-refractivity contribution in [2.75, 3.05) is 0 Å². The minimum atomic E-state index is -5.07. The zero-order valence-corrected chi connectivity index (χ0v) is 10.3. The van der Waals surface area contributed by atoms with Crippen molar-refractivity contribution in [3.05, 3.63) is 35.5 Å². The lowest BCUT2D eigenvalue weighted by Gasteiger charge is -2.13. The van der Waals surface area contributed by atoms with Gasteiger partial charge in [-0.1, -0.05) is 0 Å². The Morgan fingerprint density at radius 2 is 1.73 bits per heavy atom. The first-order valence-electron chi connectivity index (χ1n) is 5.48. The predicted molar refractivity (Wildman–Crippen MR) is 60.4 cm³/mol. The zero-order chi connectivity index (χ0) is 16.7. The number of ether oxygens (including phenoxy) is 1. The van der Waals surface area contributed by atoms with E-state index in [1.165, 1.54) is 0 Å². The number of carboxylic acid groups (broad SMARTS) is 1. The fourth-order valence-electron chi connectivity index (χ4n) is 1.75. The zero-order valence-electron chi connectivity index (χ0n) is 10.3. The minimum absolute atomic E-state index is 0.252. The second-order valence-corrected chi connectivity index (χ2v) is 4.08. The van der Waals surface area contributed by atoms with E-state index in [9.17, 15) is 31.1 Å². The minimum Gasteiger partial charge on any atom is -0.477 e. The molecule has 118 valence electrons. The smallest absolute Gasteiger partial charge is 0.477 e. The third-order valence-electron chi connectivity index (χ3n) is 2.54. The number of alkyl halides is 6. The van der Waals surface area contributed by atoms with Crippen LogP contribution in [0.2, 0.25) is 0 Å². The molecule has 10 heteroatoms. The number of aromatic carboxylic acids is 1. The van der Waals surface area contributed by atoms with Crippen LogP contribution in [0.25, 0.3) is 10.9 Å². The first-order valence-corrected chi connectivity index (χ1v) is 5.48. The van der Waals surface area contributed by atoms with Gasteiger partial charge < -0.3 is 9.84 Å². The number of benzene rings is 1. The van der Waals surface area contributed by atoms with Crippen LogP contribution in [-0.4, -0.2) is 22.4 Å². The molecule has 0 spiro atoms. The van der Waals surface area contributed by atoms with E-state index in [2.05, 4.69) is 9.72 Å². The molecule has 0 unspecified atom stereocenters. The molecule has 0 saturated heterocycles. The van der Waals surface area contributed by atoms with Crippen molar-refractivity contribution in [3.8, 4) is 5.75 Å². The Hall–Kier alpha value is -2.52. The Morgan fingerprint density at radius 1 is 1.09 bits per heavy atom.